The normalized spacial score (nSPS) is 21.9. The Hall–Kier alpha value is -2.98. The van der Waals surface area contributed by atoms with Crippen LogP contribution >= 0.6 is 0 Å². The third-order valence-electron chi connectivity index (χ3n) is 4.95. The van der Waals surface area contributed by atoms with Gasteiger partial charge in [-0.1, -0.05) is 18.2 Å². The van der Waals surface area contributed by atoms with Crippen molar-refractivity contribution < 1.29 is 32.0 Å². The van der Waals surface area contributed by atoms with E-state index in [1.807, 2.05) is 0 Å². The van der Waals surface area contributed by atoms with E-state index in [0.717, 1.165) is 6.08 Å². The molecule has 6 nitrogen and oxygen atoms in total. The van der Waals surface area contributed by atoms with Crippen LogP contribution in [0.5, 0.6) is 5.75 Å². The van der Waals surface area contributed by atoms with Crippen molar-refractivity contribution in [3.63, 3.8) is 0 Å². The fourth-order valence-corrected chi connectivity index (χ4v) is 4.63. The van der Waals surface area contributed by atoms with Crippen LogP contribution < -0.4 is 15.4 Å². The zero-order valence-electron chi connectivity index (χ0n) is 16.0. The average molecular weight is 450 g/mol. The molecule has 2 unspecified atom stereocenters. The number of nitrogens with one attached hydrogen (secondary N) is 2. The number of alkyl halides is 3. The van der Waals surface area contributed by atoms with Crippen LogP contribution in [0.1, 0.15) is 12.0 Å². The lowest BCUT2D eigenvalue weighted by atomic mass is 9.89. The molecule has 2 aliphatic heterocycles. The molecule has 0 saturated carbocycles. The zero-order chi connectivity index (χ0) is 22.2. The molecule has 0 spiro atoms. The van der Waals surface area contributed by atoms with Gasteiger partial charge in [-0.15, -0.1) is 0 Å². The quantitative estimate of drug-likeness (QED) is 0.539. The first-order valence-electron chi connectivity index (χ1n) is 9.36. The van der Waals surface area contributed by atoms with E-state index in [0.29, 0.717) is 10.6 Å². The maximum absolute atomic E-state index is 13.7. The molecule has 0 radical (unpaired) electrons. The molecule has 2 aromatic carbocycles. The summed E-state index contributed by atoms with van der Waals surface area (Å²) in [7, 11) is 0. The van der Waals surface area contributed by atoms with E-state index in [1.165, 1.54) is 24.3 Å². The monoisotopic (exact) mass is 450 g/mol. The van der Waals surface area contributed by atoms with Crippen molar-refractivity contribution in [2.24, 2.45) is 5.92 Å². The highest BCUT2D eigenvalue weighted by Gasteiger charge is 2.44. The van der Waals surface area contributed by atoms with Crippen LogP contribution in [-0.4, -0.2) is 34.9 Å². The van der Waals surface area contributed by atoms with Crippen LogP contribution in [0.15, 0.2) is 53.4 Å². The highest BCUT2D eigenvalue weighted by Crippen LogP contribution is 2.44. The highest BCUT2D eigenvalue weighted by molar-refractivity contribution is 7.92. The number of fused-ring (bicyclic) bond motifs is 2. The zero-order valence-corrected chi connectivity index (χ0v) is 16.8. The van der Waals surface area contributed by atoms with Gasteiger partial charge in [0.25, 0.3) is 5.91 Å². The van der Waals surface area contributed by atoms with E-state index in [1.54, 1.807) is 18.2 Å². The Kier molecular flexibility index (Phi) is 5.67. The third-order valence-corrected chi connectivity index (χ3v) is 6.32. The van der Waals surface area contributed by atoms with Crippen molar-refractivity contribution in [3.8, 4) is 5.75 Å². The summed E-state index contributed by atoms with van der Waals surface area (Å²) in [6.45, 7) is -0.123. The molecule has 2 N–H and O–H groups in total. The number of allylic oxidation sites excluding steroid dienone is 1. The Morgan fingerprint density at radius 3 is 2.81 bits per heavy atom. The topological polar surface area (TPSA) is 90.5 Å². The summed E-state index contributed by atoms with van der Waals surface area (Å²) in [5.74, 6) is -2.89. The number of halogens is 3. The smallest absolute Gasteiger partial charge is 0.395 e. The van der Waals surface area contributed by atoms with Gasteiger partial charge in [-0.05, 0) is 47.4 Å². The number of para-hydroxylation sites is 1. The number of rotatable bonds is 2. The number of hydrogen-bond donors (Lipinski definition) is 2. The Morgan fingerprint density at radius 2 is 2.03 bits per heavy atom. The Bertz CT molecular complexity index is 1070. The first-order chi connectivity index (χ1) is 14.7. The second kappa shape index (κ2) is 8.27. The summed E-state index contributed by atoms with van der Waals surface area (Å²) < 4.78 is 58.6. The van der Waals surface area contributed by atoms with Gasteiger partial charge >= 0.3 is 6.18 Å². The largest absolute Gasteiger partial charge is 0.611 e. The first kappa shape index (κ1) is 21.3. The first-order valence-corrected chi connectivity index (χ1v) is 10.7. The molecule has 0 aliphatic carbocycles. The predicted octanol–water partition coefficient (Wildman–Crippen LogP) is 3.73. The van der Waals surface area contributed by atoms with Crippen LogP contribution in [0.3, 0.4) is 0 Å². The average Bonchev–Trinajstić information content (AvgIpc) is 2.87. The number of carbonyl (C=O) groups is 2. The van der Waals surface area contributed by atoms with Crippen LogP contribution in [0, 0.1) is 5.92 Å². The van der Waals surface area contributed by atoms with E-state index in [4.69, 9.17) is 4.74 Å². The van der Waals surface area contributed by atoms with Crippen molar-refractivity contribution >= 4 is 39.9 Å². The van der Waals surface area contributed by atoms with Crippen molar-refractivity contribution in [2.75, 3.05) is 23.0 Å². The van der Waals surface area contributed by atoms with Gasteiger partial charge in [0.15, 0.2) is 10.6 Å². The Balaban J connectivity index is 1.65. The number of hydrogen-bond acceptors (Lipinski definition) is 4. The minimum absolute atomic E-state index is 0.123. The lowest BCUT2D eigenvalue weighted by Gasteiger charge is -2.21. The Morgan fingerprint density at radius 1 is 1.26 bits per heavy atom. The van der Waals surface area contributed by atoms with E-state index in [-0.39, 0.29) is 41.4 Å². The number of amides is 2. The van der Waals surface area contributed by atoms with Crippen molar-refractivity contribution in [3.05, 3.63) is 54.1 Å². The molecule has 2 amide bonds. The highest BCUT2D eigenvalue weighted by atomic mass is 32.2. The number of carbonyl (C=O) groups excluding carboxylic acids is 2. The summed E-state index contributed by atoms with van der Waals surface area (Å²) in [4.78, 5) is 24.6. The maximum Gasteiger partial charge on any atom is 0.395 e. The van der Waals surface area contributed by atoms with Gasteiger partial charge in [-0.3, -0.25) is 9.59 Å². The molecule has 10 heteroatoms. The molecule has 2 aliphatic rings. The van der Waals surface area contributed by atoms with Gasteiger partial charge in [0, 0.05) is 17.3 Å². The molecule has 0 bridgehead atoms. The van der Waals surface area contributed by atoms with Crippen LogP contribution in [0.2, 0.25) is 0 Å². The van der Waals surface area contributed by atoms with E-state index in [9.17, 15) is 27.3 Å². The second-order valence-corrected chi connectivity index (χ2v) is 8.48. The van der Waals surface area contributed by atoms with E-state index >= 15 is 0 Å². The van der Waals surface area contributed by atoms with Gasteiger partial charge in [-0.25, -0.2) is 0 Å². The second-order valence-electron chi connectivity index (χ2n) is 7.07. The SMILES string of the molecule is O=C(/C=C1/c2ccccc2OCCC1C(F)(F)F)Nc1ccc2c(c1)NC(=O)C[S+]2[O-]. The molecule has 2 aromatic rings. The summed E-state index contributed by atoms with van der Waals surface area (Å²) in [6, 6.07) is 10.7. The summed E-state index contributed by atoms with van der Waals surface area (Å²) in [5, 5.41) is 5.09. The van der Waals surface area contributed by atoms with Gasteiger partial charge < -0.3 is 19.9 Å². The molecule has 0 fully saturated rings. The van der Waals surface area contributed by atoms with Gasteiger partial charge in [0.05, 0.1) is 18.2 Å². The van der Waals surface area contributed by atoms with Gasteiger partial charge in [-0.2, -0.15) is 13.2 Å². The van der Waals surface area contributed by atoms with Crippen molar-refractivity contribution in [2.45, 2.75) is 17.5 Å². The number of benzene rings is 2. The van der Waals surface area contributed by atoms with Gasteiger partial charge in [0.2, 0.25) is 5.91 Å². The van der Waals surface area contributed by atoms with Crippen LogP contribution in [0.4, 0.5) is 24.5 Å². The van der Waals surface area contributed by atoms with E-state index in [2.05, 4.69) is 10.6 Å². The predicted molar refractivity (Wildman–Crippen MR) is 109 cm³/mol. The summed E-state index contributed by atoms with van der Waals surface area (Å²) in [5.41, 5.74) is 0.582. The minimum atomic E-state index is -4.55. The third kappa shape index (κ3) is 4.54. The summed E-state index contributed by atoms with van der Waals surface area (Å²) >= 11 is -1.49. The van der Waals surface area contributed by atoms with E-state index < -0.39 is 35.1 Å². The van der Waals surface area contributed by atoms with Crippen LogP contribution in [-0.2, 0) is 20.8 Å². The van der Waals surface area contributed by atoms with Crippen molar-refractivity contribution in [1.29, 1.82) is 0 Å². The standard InChI is InChI=1S/C21H17F3N2O4S/c22-21(23,24)15-7-8-30-17-4-2-1-3-13(17)14(15)10-19(27)25-12-5-6-18-16(9-12)26-20(28)11-31(18)29/h1-6,9-10,15H,7-8,11H2,(H,25,27)(H,26,28)/b14-10-. The summed E-state index contributed by atoms with van der Waals surface area (Å²) in [6.07, 6.45) is -3.93. The Labute approximate surface area is 178 Å². The molecule has 162 valence electrons. The molecule has 31 heavy (non-hydrogen) atoms. The number of ether oxygens (including phenoxy) is 1. The maximum atomic E-state index is 13.7. The number of anilines is 2. The molecular formula is C21H17F3N2O4S. The van der Waals surface area contributed by atoms with Crippen LogP contribution in [0.25, 0.3) is 5.57 Å². The fraction of sp³-hybridized carbons (Fsp3) is 0.238. The molecule has 2 atom stereocenters. The van der Waals surface area contributed by atoms with Gasteiger partial charge in [0.1, 0.15) is 5.75 Å². The molecule has 4 rings (SSSR count). The lowest BCUT2D eigenvalue weighted by Crippen LogP contribution is -2.29. The molecule has 0 aromatic heterocycles. The molecular weight excluding hydrogens is 433 g/mol. The van der Waals surface area contributed by atoms with Crippen molar-refractivity contribution in [1.82, 2.24) is 0 Å². The lowest BCUT2D eigenvalue weighted by molar-refractivity contribution is -0.160. The minimum Gasteiger partial charge on any atom is -0.611 e. The molecule has 0 saturated heterocycles. The molecule has 2 heterocycles. The fourth-order valence-electron chi connectivity index (χ4n) is 3.59.